The third kappa shape index (κ3) is 19.4. The van der Waals surface area contributed by atoms with E-state index in [2.05, 4.69) is 31.1 Å². The summed E-state index contributed by atoms with van der Waals surface area (Å²) in [6.45, 7) is 14.4. The van der Waals surface area contributed by atoms with Gasteiger partial charge in [0.1, 0.15) is 23.1 Å². The Morgan fingerprint density at radius 1 is 0.609 bits per heavy atom. The summed E-state index contributed by atoms with van der Waals surface area (Å²) in [7, 11) is 2.19. The molecule has 0 amide bonds. The van der Waals surface area contributed by atoms with Crippen LogP contribution in [0.25, 0.3) is 0 Å². The molecule has 3 aliphatic heterocycles. The van der Waals surface area contributed by atoms with E-state index in [0.29, 0.717) is 37.2 Å². The predicted octanol–water partition coefficient (Wildman–Crippen LogP) is 8.16. The highest BCUT2D eigenvalue weighted by Crippen LogP contribution is 2.26. The van der Waals surface area contributed by atoms with Crippen LogP contribution in [0, 0.1) is 23.7 Å². The number of Topliss-reactive ketones (excluding diaryl/α,β-unsaturated/α-hetero) is 4. The van der Waals surface area contributed by atoms with Crippen molar-refractivity contribution in [1.82, 2.24) is 10.2 Å². The maximum atomic E-state index is 12.7. The monoisotopic (exact) mass is 649 g/mol. The Balaban J connectivity index is 0.000000398. The molecule has 4 atom stereocenters. The molecule has 268 valence electrons. The highest BCUT2D eigenvalue weighted by atomic mass is 16.5. The Morgan fingerprint density at radius 3 is 1.35 bits per heavy atom. The van der Waals surface area contributed by atoms with Crippen LogP contribution < -0.4 is 5.32 Å². The summed E-state index contributed by atoms with van der Waals surface area (Å²) in [6.07, 6.45) is 19.2. The van der Waals surface area contributed by atoms with E-state index < -0.39 is 0 Å². The molecule has 7 heteroatoms. The van der Waals surface area contributed by atoms with Gasteiger partial charge < -0.3 is 15.0 Å². The van der Waals surface area contributed by atoms with Crippen molar-refractivity contribution >= 4 is 23.1 Å². The molecule has 3 aliphatic rings. The summed E-state index contributed by atoms with van der Waals surface area (Å²) in [5.74, 6) is 1.51. The van der Waals surface area contributed by atoms with Gasteiger partial charge in [0.15, 0.2) is 0 Å². The van der Waals surface area contributed by atoms with Gasteiger partial charge in [0.05, 0.1) is 0 Å². The van der Waals surface area contributed by atoms with Gasteiger partial charge in [-0.3, -0.25) is 19.2 Å². The van der Waals surface area contributed by atoms with E-state index >= 15 is 0 Å². The summed E-state index contributed by atoms with van der Waals surface area (Å²) in [6, 6.07) is 0. The SMILES string of the molecule is C1CCOC1.CCC(=O)CC1CCCCN(C)CCCC[C@H](CC)C1=O.CCC(=O)CC1CCCCNCCCC[C@H](CC)C1=O. The molecule has 0 aromatic carbocycles. The summed E-state index contributed by atoms with van der Waals surface area (Å²) in [5, 5.41) is 3.46. The van der Waals surface area contributed by atoms with Gasteiger partial charge in [-0.1, -0.05) is 53.4 Å². The zero-order chi connectivity index (χ0) is 34.0. The summed E-state index contributed by atoms with van der Waals surface area (Å²) < 4.78 is 4.94. The largest absolute Gasteiger partial charge is 0.381 e. The number of rotatable bonds is 8. The Morgan fingerprint density at radius 2 is 1.00 bits per heavy atom. The number of hydrogen-bond donors (Lipinski definition) is 1. The third-order valence-electron chi connectivity index (χ3n) is 10.2. The predicted molar refractivity (Wildman–Crippen MR) is 190 cm³/mol. The van der Waals surface area contributed by atoms with Gasteiger partial charge in [-0.15, -0.1) is 0 Å². The number of carbonyl (C=O) groups is 4. The molecule has 0 radical (unpaired) electrons. The number of ketones is 4. The van der Waals surface area contributed by atoms with Crippen molar-refractivity contribution in [2.45, 2.75) is 156 Å². The molecule has 0 bridgehead atoms. The molecule has 3 saturated heterocycles. The van der Waals surface area contributed by atoms with Crippen molar-refractivity contribution in [3.8, 4) is 0 Å². The highest BCUT2D eigenvalue weighted by molar-refractivity contribution is 5.89. The molecule has 46 heavy (non-hydrogen) atoms. The maximum Gasteiger partial charge on any atom is 0.139 e. The maximum absolute atomic E-state index is 12.7. The number of ether oxygens (including phenoxy) is 1. The number of nitrogens with zero attached hydrogens (tertiary/aromatic N) is 1. The first kappa shape index (κ1) is 42.6. The normalized spacial score (nSPS) is 26.5. The standard InChI is InChI=1S/C18H33NO2.C17H31NO2.C4H8O/c1-4-15-10-6-8-12-19(3)13-9-7-11-16(18(15)21)14-17(20)5-2;1-3-14-9-5-7-11-18-12-8-6-10-15(17(14)20)13-16(19)4-2;1-2-4-5-3-1/h15-16H,4-14H2,1-3H3;14-15,18H,3-13H2,1-2H3;1-4H2/t15-,16?;14-,15?;/m00./s1. The summed E-state index contributed by atoms with van der Waals surface area (Å²) >= 11 is 0. The number of hydrogen-bond acceptors (Lipinski definition) is 7. The van der Waals surface area contributed by atoms with Crippen LogP contribution in [-0.2, 0) is 23.9 Å². The van der Waals surface area contributed by atoms with E-state index in [0.717, 1.165) is 123 Å². The van der Waals surface area contributed by atoms with Gasteiger partial charge in [0, 0.05) is 62.6 Å². The molecule has 0 saturated carbocycles. The van der Waals surface area contributed by atoms with Crippen LogP contribution in [0.3, 0.4) is 0 Å². The lowest BCUT2D eigenvalue weighted by atomic mass is 9.82. The van der Waals surface area contributed by atoms with E-state index in [1.807, 2.05) is 13.8 Å². The molecule has 1 N–H and O–H groups in total. The molecule has 0 spiro atoms. The Hall–Kier alpha value is -1.44. The average Bonchev–Trinajstić information content (AvgIpc) is 3.65. The van der Waals surface area contributed by atoms with Crippen molar-refractivity contribution in [1.29, 1.82) is 0 Å². The van der Waals surface area contributed by atoms with Crippen LogP contribution in [0.1, 0.15) is 156 Å². The van der Waals surface area contributed by atoms with Crippen LogP contribution >= 0.6 is 0 Å². The van der Waals surface area contributed by atoms with Gasteiger partial charge in [-0.25, -0.2) is 0 Å². The van der Waals surface area contributed by atoms with Crippen molar-refractivity contribution in [2.75, 3.05) is 46.4 Å². The van der Waals surface area contributed by atoms with Crippen LogP contribution in [0.4, 0.5) is 0 Å². The van der Waals surface area contributed by atoms with E-state index in [-0.39, 0.29) is 35.2 Å². The topological polar surface area (TPSA) is 92.8 Å². The quantitative estimate of drug-likeness (QED) is 0.284. The minimum absolute atomic E-state index is 0.0212. The Kier molecular flexibility index (Phi) is 25.5. The average molecular weight is 649 g/mol. The number of nitrogens with one attached hydrogen (secondary N) is 1. The second-order valence-electron chi connectivity index (χ2n) is 14.0. The lowest BCUT2D eigenvalue weighted by Crippen LogP contribution is -2.27. The lowest BCUT2D eigenvalue weighted by molar-refractivity contribution is -0.131. The first-order chi connectivity index (χ1) is 22.3. The van der Waals surface area contributed by atoms with E-state index in [1.54, 1.807) is 0 Å². The minimum atomic E-state index is -0.0215. The molecule has 2 unspecified atom stereocenters. The van der Waals surface area contributed by atoms with Gasteiger partial charge in [0.2, 0.25) is 0 Å². The van der Waals surface area contributed by atoms with Crippen LogP contribution in [0.15, 0.2) is 0 Å². The minimum Gasteiger partial charge on any atom is -0.381 e. The van der Waals surface area contributed by atoms with E-state index in [4.69, 9.17) is 4.74 Å². The van der Waals surface area contributed by atoms with Crippen molar-refractivity contribution in [3.05, 3.63) is 0 Å². The Labute approximate surface area is 283 Å². The van der Waals surface area contributed by atoms with Crippen molar-refractivity contribution in [3.63, 3.8) is 0 Å². The fourth-order valence-electron chi connectivity index (χ4n) is 6.86. The fraction of sp³-hybridized carbons (Fsp3) is 0.897. The first-order valence-corrected chi connectivity index (χ1v) is 19.3. The molecule has 7 nitrogen and oxygen atoms in total. The molecular formula is C39H72N2O5. The van der Waals surface area contributed by atoms with Gasteiger partial charge in [-0.2, -0.15) is 0 Å². The fourth-order valence-corrected chi connectivity index (χ4v) is 6.86. The van der Waals surface area contributed by atoms with E-state index in [9.17, 15) is 19.2 Å². The van der Waals surface area contributed by atoms with Crippen LogP contribution in [0.5, 0.6) is 0 Å². The first-order valence-electron chi connectivity index (χ1n) is 19.3. The van der Waals surface area contributed by atoms with Crippen molar-refractivity contribution in [2.24, 2.45) is 23.7 Å². The zero-order valence-corrected chi connectivity index (χ0v) is 30.7. The second-order valence-corrected chi connectivity index (χ2v) is 14.0. The smallest absolute Gasteiger partial charge is 0.139 e. The van der Waals surface area contributed by atoms with Gasteiger partial charge >= 0.3 is 0 Å². The Bertz CT molecular complexity index is 820. The number of carbonyl (C=O) groups excluding carboxylic acids is 4. The van der Waals surface area contributed by atoms with Crippen LogP contribution in [0.2, 0.25) is 0 Å². The molecule has 0 aliphatic carbocycles. The molecule has 0 aromatic rings. The molecule has 3 heterocycles. The van der Waals surface area contributed by atoms with Gasteiger partial charge in [0.25, 0.3) is 0 Å². The molecule has 3 fully saturated rings. The lowest BCUT2D eigenvalue weighted by Gasteiger charge is -2.24. The van der Waals surface area contributed by atoms with E-state index in [1.165, 1.54) is 19.3 Å². The van der Waals surface area contributed by atoms with Crippen LogP contribution in [-0.4, -0.2) is 74.5 Å². The zero-order valence-electron chi connectivity index (χ0n) is 30.7. The summed E-state index contributed by atoms with van der Waals surface area (Å²) in [5.41, 5.74) is 0. The second kappa shape index (κ2) is 27.5. The summed E-state index contributed by atoms with van der Waals surface area (Å²) in [4.78, 5) is 51.3. The molecular weight excluding hydrogens is 576 g/mol. The third-order valence-corrected chi connectivity index (χ3v) is 10.2. The highest BCUT2D eigenvalue weighted by Gasteiger charge is 2.28. The van der Waals surface area contributed by atoms with Gasteiger partial charge in [-0.05, 0) is 110 Å². The molecule has 3 rings (SSSR count). The molecule has 0 aromatic heterocycles. The van der Waals surface area contributed by atoms with Crippen molar-refractivity contribution < 1.29 is 23.9 Å².